The second-order valence-electron chi connectivity index (χ2n) is 4.94. The van der Waals surface area contributed by atoms with Crippen molar-refractivity contribution in [2.45, 2.75) is 19.8 Å². The van der Waals surface area contributed by atoms with Gasteiger partial charge in [0.25, 0.3) is 5.91 Å². The largest absolute Gasteiger partial charge is 0.384 e. The first-order valence-corrected chi connectivity index (χ1v) is 7.16. The second-order valence-corrected chi connectivity index (χ2v) is 5.76. The number of nitrogens with one attached hydrogen (secondary N) is 1. The van der Waals surface area contributed by atoms with Crippen LogP contribution in [-0.4, -0.2) is 10.9 Å². The SMILES string of the molecule is CC(C)c1cc(C(=O)Nc2ccc(Cl)c(Cl)c2)cc(N)n1. The lowest BCUT2D eigenvalue weighted by Crippen LogP contribution is -2.13. The number of carbonyl (C=O) groups is 1. The quantitative estimate of drug-likeness (QED) is 0.882. The summed E-state index contributed by atoms with van der Waals surface area (Å²) in [6.45, 7) is 3.98. The molecule has 1 aromatic heterocycles. The molecule has 1 aromatic carbocycles. The fraction of sp³-hybridized carbons (Fsp3) is 0.200. The Balaban J connectivity index is 2.25. The molecule has 0 fully saturated rings. The summed E-state index contributed by atoms with van der Waals surface area (Å²) in [5.74, 6) is 0.231. The topological polar surface area (TPSA) is 68.0 Å². The maximum Gasteiger partial charge on any atom is 0.255 e. The number of rotatable bonds is 3. The number of benzene rings is 1. The smallest absolute Gasteiger partial charge is 0.255 e. The number of amides is 1. The monoisotopic (exact) mass is 323 g/mol. The Bertz CT molecular complexity index is 687. The van der Waals surface area contributed by atoms with E-state index in [1.165, 1.54) is 0 Å². The summed E-state index contributed by atoms with van der Waals surface area (Å²) >= 11 is 11.8. The second kappa shape index (κ2) is 6.33. The Hall–Kier alpha value is -1.78. The summed E-state index contributed by atoms with van der Waals surface area (Å²) in [7, 11) is 0. The third-order valence-corrected chi connectivity index (χ3v) is 3.64. The number of hydrogen-bond donors (Lipinski definition) is 2. The zero-order chi connectivity index (χ0) is 15.6. The predicted molar refractivity (Wildman–Crippen MR) is 87.2 cm³/mol. The van der Waals surface area contributed by atoms with Crippen LogP contribution in [0.2, 0.25) is 10.0 Å². The maximum atomic E-state index is 12.3. The van der Waals surface area contributed by atoms with Gasteiger partial charge in [0.2, 0.25) is 0 Å². The number of carbonyl (C=O) groups excluding carboxylic acids is 1. The number of anilines is 2. The zero-order valence-corrected chi connectivity index (χ0v) is 13.2. The van der Waals surface area contributed by atoms with E-state index in [9.17, 15) is 4.79 Å². The van der Waals surface area contributed by atoms with E-state index < -0.39 is 0 Å². The van der Waals surface area contributed by atoms with Gasteiger partial charge in [-0.25, -0.2) is 4.98 Å². The zero-order valence-electron chi connectivity index (χ0n) is 11.7. The van der Waals surface area contributed by atoms with Crippen molar-refractivity contribution in [1.29, 1.82) is 0 Å². The number of nitrogen functional groups attached to an aromatic ring is 1. The number of halogens is 2. The highest BCUT2D eigenvalue weighted by atomic mass is 35.5. The van der Waals surface area contributed by atoms with Gasteiger partial charge in [-0.2, -0.15) is 0 Å². The van der Waals surface area contributed by atoms with E-state index >= 15 is 0 Å². The molecule has 0 spiro atoms. The predicted octanol–water partition coefficient (Wildman–Crippen LogP) is 4.35. The molecular formula is C15H15Cl2N3O. The van der Waals surface area contributed by atoms with Gasteiger partial charge in [-0.05, 0) is 36.2 Å². The van der Waals surface area contributed by atoms with E-state index in [2.05, 4.69) is 10.3 Å². The summed E-state index contributed by atoms with van der Waals surface area (Å²) in [4.78, 5) is 16.5. The molecule has 1 amide bonds. The molecule has 0 saturated heterocycles. The molecule has 0 atom stereocenters. The van der Waals surface area contributed by atoms with Crippen molar-refractivity contribution < 1.29 is 4.79 Å². The molecule has 21 heavy (non-hydrogen) atoms. The van der Waals surface area contributed by atoms with Crippen molar-refractivity contribution in [3.05, 3.63) is 51.6 Å². The van der Waals surface area contributed by atoms with Gasteiger partial charge in [0.1, 0.15) is 5.82 Å². The molecule has 1 heterocycles. The molecule has 0 unspecified atom stereocenters. The number of nitrogens with two attached hydrogens (primary N) is 1. The van der Waals surface area contributed by atoms with Crippen LogP contribution in [0.3, 0.4) is 0 Å². The van der Waals surface area contributed by atoms with Crippen molar-refractivity contribution in [2.75, 3.05) is 11.1 Å². The molecule has 3 N–H and O–H groups in total. The minimum Gasteiger partial charge on any atom is -0.384 e. The van der Waals surface area contributed by atoms with E-state index in [4.69, 9.17) is 28.9 Å². The highest BCUT2D eigenvalue weighted by Gasteiger charge is 2.12. The Morgan fingerprint density at radius 1 is 1.19 bits per heavy atom. The van der Waals surface area contributed by atoms with Gasteiger partial charge in [-0.1, -0.05) is 37.0 Å². The van der Waals surface area contributed by atoms with Gasteiger partial charge in [0.05, 0.1) is 10.0 Å². The standard InChI is InChI=1S/C15H15Cl2N3O/c1-8(2)13-5-9(6-14(18)20-13)15(21)19-10-3-4-11(16)12(17)7-10/h3-8H,1-2H3,(H2,18,20)(H,19,21). The van der Waals surface area contributed by atoms with E-state index in [0.29, 0.717) is 27.1 Å². The van der Waals surface area contributed by atoms with Crippen LogP contribution in [0.1, 0.15) is 35.8 Å². The average molecular weight is 324 g/mol. The van der Waals surface area contributed by atoms with Gasteiger partial charge in [0, 0.05) is 16.9 Å². The van der Waals surface area contributed by atoms with Gasteiger partial charge in [-0.3, -0.25) is 4.79 Å². The van der Waals surface area contributed by atoms with Crippen LogP contribution in [-0.2, 0) is 0 Å². The van der Waals surface area contributed by atoms with Crippen LogP contribution >= 0.6 is 23.2 Å². The summed E-state index contributed by atoms with van der Waals surface area (Å²) in [6, 6.07) is 8.17. The van der Waals surface area contributed by atoms with Gasteiger partial charge in [-0.15, -0.1) is 0 Å². The summed E-state index contributed by atoms with van der Waals surface area (Å²) < 4.78 is 0. The molecule has 0 radical (unpaired) electrons. The van der Waals surface area contributed by atoms with Crippen LogP contribution in [0.15, 0.2) is 30.3 Å². The summed E-state index contributed by atoms with van der Waals surface area (Å²) in [5, 5.41) is 3.57. The van der Waals surface area contributed by atoms with Crippen molar-refractivity contribution in [3.63, 3.8) is 0 Å². The van der Waals surface area contributed by atoms with Crippen LogP contribution < -0.4 is 11.1 Å². The lowest BCUT2D eigenvalue weighted by Gasteiger charge is -2.10. The molecule has 0 aliphatic carbocycles. The van der Waals surface area contributed by atoms with E-state index in [1.54, 1.807) is 30.3 Å². The summed E-state index contributed by atoms with van der Waals surface area (Å²) in [6.07, 6.45) is 0. The Morgan fingerprint density at radius 3 is 2.52 bits per heavy atom. The van der Waals surface area contributed by atoms with E-state index in [0.717, 1.165) is 5.69 Å². The number of pyridine rings is 1. The molecular weight excluding hydrogens is 309 g/mol. The third kappa shape index (κ3) is 3.86. The van der Waals surface area contributed by atoms with Crippen molar-refractivity contribution >= 4 is 40.6 Å². The van der Waals surface area contributed by atoms with Gasteiger partial charge >= 0.3 is 0 Å². The fourth-order valence-electron chi connectivity index (χ4n) is 1.78. The van der Waals surface area contributed by atoms with E-state index in [1.807, 2.05) is 13.8 Å². The first kappa shape index (κ1) is 15.6. The van der Waals surface area contributed by atoms with E-state index in [-0.39, 0.29) is 11.8 Å². The molecule has 0 bridgehead atoms. The van der Waals surface area contributed by atoms with Gasteiger partial charge < -0.3 is 11.1 Å². The number of hydrogen-bond acceptors (Lipinski definition) is 3. The summed E-state index contributed by atoms with van der Waals surface area (Å²) in [5.41, 5.74) is 7.54. The number of nitrogens with zero attached hydrogens (tertiary/aromatic N) is 1. The molecule has 110 valence electrons. The molecule has 0 aliphatic rings. The highest BCUT2D eigenvalue weighted by molar-refractivity contribution is 6.42. The Kier molecular flexibility index (Phi) is 4.70. The fourth-order valence-corrected chi connectivity index (χ4v) is 2.08. The molecule has 6 heteroatoms. The molecule has 2 rings (SSSR count). The Labute approximate surface area is 133 Å². The first-order valence-electron chi connectivity index (χ1n) is 6.40. The lowest BCUT2D eigenvalue weighted by molar-refractivity contribution is 0.102. The van der Waals surface area contributed by atoms with Crippen molar-refractivity contribution in [3.8, 4) is 0 Å². The van der Waals surface area contributed by atoms with Gasteiger partial charge in [0.15, 0.2) is 0 Å². The highest BCUT2D eigenvalue weighted by Crippen LogP contribution is 2.25. The van der Waals surface area contributed by atoms with Crippen molar-refractivity contribution in [2.24, 2.45) is 0 Å². The minimum atomic E-state index is -0.274. The van der Waals surface area contributed by atoms with Crippen LogP contribution in [0.5, 0.6) is 0 Å². The number of aromatic nitrogens is 1. The van der Waals surface area contributed by atoms with Crippen LogP contribution in [0.25, 0.3) is 0 Å². The molecule has 0 saturated carbocycles. The van der Waals surface area contributed by atoms with Crippen molar-refractivity contribution in [1.82, 2.24) is 4.98 Å². The lowest BCUT2D eigenvalue weighted by atomic mass is 10.1. The molecule has 4 nitrogen and oxygen atoms in total. The first-order chi connectivity index (χ1) is 9.86. The Morgan fingerprint density at radius 2 is 1.90 bits per heavy atom. The molecule has 2 aromatic rings. The molecule has 0 aliphatic heterocycles. The third-order valence-electron chi connectivity index (χ3n) is 2.90. The normalized spacial score (nSPS) is 10.7. The van der Waals surface area contributed by atoms with Crippen LogP contribution in [0.4, 0.5) is 11.5 Å². The minimum absolute atomic E-state index is 0.185. The average Bonchev–Trinajstić information content (AvgIpc) is 2.42. The van der Waals surface area contributed by atoms with Crippen LogP contribution in [0, 0.1) is 0 Å². The maximum absolute atomic E-state index is 12.3.